The van der Waals surface area contributed by atoms with Gasteiger partial charge in [0.25, 0.3) is 5.91 Å². The summed E-state index contributed by atoms with van der Waals surface area (Å²) in [5, 5.41) is 6.63. The maximum absolute atomic E-state index is 12.0. The Morgan fingerprint density at radius 1 is 0.938 bits per heavy atom. The summed E-state index contributed by atoms with van der Waals surface area (Å²) in [5.41, 5.74) is 4.04. The summed E-state index contributed by atoms with van der Waals surface area (Å²) in [6, 6.07) is 15.9. The van der Waals surface area contributed by atoms with E-state index in [4.69, 9.17) is 9.47 Å². The van der Waals surface area contributed by atoms with Gasteiger partial charge in [-0.15, -0.1) is 24.0 Å². The van der Waals surface area contributed by atoms with E-state index in [1.807, 2.05) is 37.3 Å². The Balaban J connectivity index is 0.00000512. The van der Waals surface area contributed by atoms with Crippen molar-refractivity contribution in [2.24, 2.45) is 4.99 Å². The molecule has 0 unspecified atom stereocenters. The standard InChI is InChI=1S/C24H34N4O3.HI/c1-5-30-13-14-31-18-21-8-6-7-20(15-21)17-27-24(25-2)26-16-19-9-11-22(12-10-19)23(29)28(3)4;/h6-12,15H,5,13-14,16-18H2,1-4H3,(H2,25,26,27);1H. The largest absolute Gasteiger partial charge is 0.379 e. The van der Waals surface area contributed by atoms with E-state index in [1.54, 1.807) is 26.0 Å². The molecule has 7 nitrogen and oxygen atoms in total. The molecule has 0 aliphatic heterocycles. The van der Waals surface area contributed by atoms with Gasteiger partial charge in [0.2, 0.25) is 0 Å². The van der Waals surface area contributed by atoms with Crippen molar-refractivity contribution < 1.29 is 14.3 Å². The van der Waals surface area contributed by atoms with Crippen molar-refractivity contribution in [3.8, 4) is 0 Å². The van der Waals surface area contributed by atoms with Crippen molar-refractivity contribution in [3.63, 3.8) is 0 Å². The highest BCUT2D eigenvalue weighted by atomic mass is 127. The lowest BCUT2D eigenvalue weighted by molar-refractivity contribution is 0.0453. The number of ether oxygens (including phenoxy) is 2. The molecule has 176 valence electrons. The highest BCUT2D eigenvalue weighted by Gasteiger charge is 2.07. The monoisotopic (exact) mass is 554 g/mol. The van der Waals surface area contributed by atoms with Crippen LogP contribution in [0.1, 0.15) is 34.0 Å². The van der Waals surface area contributed by atoms with Crippen LogP contribution in [0.25, 0.3) is 0 Å². The molecule has 2 N–H and O–H groups in total. The van der Waals surface area contributed by atoms with Crippen molar-refractivity contribution in [2.75, 3.05) is 41.0 Å². The van der Waals surface area contributed by atoms with Gasteiger partial charge in [0.15, 0.2) is 5.96 Å². The van der Waals surface area contributed by atoms with Crippen molar-refractivity contribution in [3.05, 3.63) is 70.8 Å². The van der Waals surface area contributed by atoms with E-state index in [9.17, 15) is 4.79 Å². The van der Waals surface area contributed by atoms with Gasteiger partial charge in [-0.1, -0.05) is 36.4 Å². The molecule has 0 bridgehead atoms. The van der Waals surface area contributed by atoms with Crippen molar-refractivity contribution >= 4 is 35.8 Å². The van der Waals surface area contributed by atoms with Gasteiger partial charge in [-0.05, 0) is 35.7 Å². The van der Waals surface area contributed by atoms with Crippen LogP contribution in [0.4, 0.5) is 0 Å². The SMILES string of the molecule is CCOCCOCc1cccc(CNC(=NC)NCc2ccc(C(=O)N(C)C)cc2)c1.I. The Hall–Kier alpha value is -2.17. The molecule has 0 saturated heterocycles. The minimum atomic E-state index is -0.00101. The molecule has 0 aliphatic carbocycles. The van der Waals surface area contributed by atoms with Crippen LogP contribution < -0.4 is 10.6 Å². The Labute approximate surface area is 208 Å². The average molecular weight is 554 g/mol. The molecular weight excluding hydrogens is 519 g/mol. The van der Waals surface area contributed by atoms with Gasteiger partial charge in [-0.3, -0.25) is 9.79 Å². The predicted octanol–water partition coefficient (Wildman–Crippen LogP) is 3.42. The Bertz CT molecular complexity index is 841. The second kappa shape index (κ2) is 15.6. The number of hydrogen-bond donors (Lipinski definition) is 2. The number of aliphatic imine (C=N–C) groups is 1. The third-order valence-electron chi connectivity index (χ3n) is 4.59. The summed E-state index contributed by atoms with van der Waals surface area (Å²) in [4.78, 5) is 17.8. The van der Waals surface area contributed by atoms with Crippen LogP contribution in [-0.4, -0.2) is 57.7 Å². The van der Waals surface area contributed by atoms with Crippen molar-refractivity contribution in [1.82, 2.24) is 15.5 Å². The van der Waals surface area contributed by atoms with E-state index in [0.717, 1.165) is 16.7 Å². The number of halogens is 1. The van der Waals surface area contributed by atoms with Crippen LogP contribution in [0.5, 0.6) is 0 Å². The van der Waals surface area contributed by atoms with Crippen molar-refractivity contribution in [1.29, 1.82) is 0 Å². The van der Waals surface area contributed by atoms with Gasteiger partial charge in [-0.25, -0.2) is 0 Å². The third-order valence-corrected chi connectivity index (χ3v) is 4.59. The normalized spacial score (nSPS) is 10.9. The van der Waals surface area contributed by atoms with Gasteiger partial charge in [-0.2, -0.15) is 0 Å². The van der Waals surface area contributed by atoms with Gasteiger partial charge in [0.1, 0.15) is 0 Å². The minimum Gasteiger partial charge on any atom is -0.379 e. The second-order valence-electron chi connectivity index (χ2n) is 7.25. The molecule has 0 heterocycles. The maximum atomic E-state index is 12.0. The number of nitrogens with one attached hydrogen (secondary N) is 2. The molecule has 0 aliphatic rings. The maximum Gasteiger partial charge on any atom is 0.253 e. The van der Waals surface area contributed by atoms with Crippen LogP contribution in [-0.2, 0) is 29.2 Å². The molecule has 1 amide bonds. The van der Waals surface area contributed by atoms with E-state index < -0.39 is 0 Å². The fraction of sp³-hybridized carbons (Fsp3) is 0.417. The number of guanidine groups is 1. The van der Waals surface area contributed by atoms with E-state index in [2.05, 4.69) is 33.8 Å². The van der Waals surface area contributed by atoms with Crippen LogP contribution in [0, 0.1) is 0 Å². The zero-order valence-corrected chi connectivity index (χ0v) is 21.7. The Morgan fingerprint density at radius 3 is 2.19 bits per heavy atom. The molecule has 2 rings (SSSR count). The van der Waals surface area contributed by atoms with Crippen LogP contribution in [0.15, 0.2) is 53.5 Å². The van der Waals surface area contributed by atoms with E-state index in [-0.39, 0.29) is 29.9 Å². The molecule has 0 fully saturated rings. The minimum absolute atomic E-state index is 0. The first-order valence-corrected chi connectivity index (χ1v) is 10.5. The first-order valence-electron chi connectivity index (χ1n) is 10.5. The van der Waals surface area contributed by atoms with Crippen molar-refractivity contribution in [2.45, 2.75) is 26.6 Å². The van der Waals surface area contributed by atoms with E-state index >= 15 is 0 Å². The molecule has 2 aromatic carbocycles. The van der Waals surface area contributed by atoms with Crippen LogP contribution >= 0.6 is 24.0 Å². The number of benzene rings is 2. The zero-order chi connectivity index (χ0) is 22.5. The Morgan fingerprint density at radius 2 is 1.56 bits per heavy atom. The fourth-order valence-corrected chi connectivity index (χ4v) is 2.90. The molecule has 8 heteroatoms. The lowest BCUT2D eigenvalue weighted by atomic mass is 10.1. The Kier molecular flexibility index (Phi) is 13.6. The van der Waals surface area contributed by atoms with Gasteiger partial charge >= 0.3 is 0 Å². The molecule has 32 heavy (non-hydrogen) atoms. The fourth-order valence-electron chi connectivity index (χ4n) is 2.90. The summed E-state index contributed by atoms with van der Waals surface area (Å²) < 4.78 is 10.9. The zero-order valence-electron chi connectivity index (χ0n) is 19.4. The molecule has 0 atom stereocenters. The summed E-state index contributed by atoms with van der Waals surface area (Å²) in [5.74, 6) is 0.714. The molecule has 0 saturated carbocycles. The number of amides is 1. The number of rotatable bonds is 11. The van der Waals surface area contributed by atoms with Crippen LogP contribution in [0.3, 0.4) is 0 Å². The first kappa shape index (κ1) is 27.9. The van der Waals surface area contributed by atoms with E-state index in [0.29, 0.717) is 51.0 Å². The van der Waals surface area contributed by atoms with Gasteiger partial charge in [0.05, 0.1) is 19.8 Å². The predicted molar refractivity (Wildman–Crippen MR) is 140 cm³/mol. The smallest absolute Gasteiger partial charge is 0.253 e. The lowest BCUT2D eigenvalue weighted by Crippen LogP contribution is -2.36. The summed E-state index contributed by atoms with van der Waals surface area (Å²) >= 11 is 0. The molecule has 0 radical (unpaired) electrons. The number of carbonyl (C=O) groups excluding carboxylic acids is 1. The topological polar surface area (TPSA) is 75.2 Å². The molecule has 2 aromatic rings. The first-order chi connectivity index (χ1) is 15.0. The number of nitrogens with zero attached hydrogens (tertiary/aromatic N) is 2. The highest BCUT2D eigenvalue weighted by molar-refractivity contribution is 14.0. The highest BCUT2D eigenvalue weighted by Crippen LogP contribution is 2.08. The third kappa shape index (κ3) is 9.97. The molecular formula is C24H35IN4O3. The van der Waals surface area contributed by atoms with Gasteiger partial charge < -0.3 is 25.0 Å². The second-order valence-corrected chi connectivity index (χ2v) is 7.25. The van der Waals surface area contributed by atoms with Gasteiger partial charge in [0, 0.05) is 46.4 Å². The van der Waals surface area contributed by atoms with E-state index in [1.165, 1.54) is 0 Å². The summed E-state index contributed by atoms with van der Waals surface area (Å²) in [6.45, 7) is 5.74. The molecule has 0 aromatic heterocycles. The van der Waals surface area contributed by atoms with Crippen LogP contribution in [0.2, 0.25) is 0 Å². The molecule has 0 spiro atoms. The number of carbonyl (C=O) groups is 1. The number of hydrogen-bond acceptors (Lipinski definition) is 4. The lowest BCUT2D eigenvalue weighted by Gasteiger charge is -2.14. The quantitative estimate of drug-likeness (QED) is 0.193. The summed E-state index contributed by atoms with van der Waals surface area (Å²) in [6.07, 6.45) is 0. The summed E-state index contributed by atoms with van der Waals surface area (Å²) in [7, 11) is 5.24. The average Bonchev–Trinajstić information content (AvgIpc) is 2.79.